The molecule has 0 radical (unpaired) electrons. The van der Waals surface area contributed by atoms with Crippen LogP contribution in [-0.4, -0.2) is 25.5 Å². The molecule has 0 aromatic heterocycles. The van der Waals surface area contributed by atoms with Gasteiger partial charge in [0, 0.05) is 10.8 Å². The van der Waals surface area contributed by atoms with E-state index in [0.717, 1.165) is 55.3 Å². The monoisotopic (exact) mass is 616 g/mol. The summed E-state index contributed by atoms with van der Waals surface area (Å²) in [5, 5.41) is 55.3. The minimum Gasteiger partial charge on any atom is -0.508 e. The third-order valence-corrected chi connectivity index (χ3v) is 9.95. The average Bonchev–Trinajstić information content (AvgIpc) is 3.40. The Morgan fingerprint density at radius 2 is 1.13 bits per heavy atom. The predicted octanol–water partition coefficient (Wildman–Crippen LogP) is 9.23. The van der Waals surface area contributed by atoms with Crippen molar-refractivity contribution in [1.82, 2.24) is 0 Å². The molecule has 0 aliphatic heterocycles. The van der Waals surface area contributed by atoms with E-state index < -0.39 is 5.41 Å². The fraction of sp³-hybridized carbons (Fsp3) is 0.0952. The van der Waals surface area contributed by atoms with Crippen LogP contribution in [0.5, 0.6) is 28.7 Å². The fourth-order valence-electron chi connectivity index (χ4n) is 7.68. The van der Waals surface area contributed by atoms with E-state index in [1.807, 2.05) is 42.5 Å². The SMILES string of the molecule is CC(Cc1cc(O)c(O)c2ccc(C3(c4ccc5c(O)c(O)ccc5c4)c4ccccc4-c4ccccc43)cc12)c1ccc(O)cc1. The van der Waals surface area contributed by atoms with Gasteiger partial charge < -0.3 is 25.5 Å². The first-order valence-electron chi connectivity index (χ1n) is 15.7. The quantitative estimate of drug-likeness (QED) is 0.124. The molecule has 8 rings (SSSR count). The van der Waals surface area contributed by atoms with E-state index in [-0.39, 0.29) is 34.7 Å². The van der Waals surface area contributed by atoms with E-state index in [0.29, 0.717) is 17.2 Å². The highest BCUT2D eigenvalue weighted by molar-refractivity contribution is 5.97. The van der Waals surface area contributed by atoms with Crippen molar-refractivity contribution in [2.45, 2.75) is 24.7 Å². The van der Waals surface area contributed by atoms with Gasteiger partial charge in [-0.1, -0.05) is 97.9 Å². The summed E-state index contributed by atoms with van der Waals surface area (Å²) in [6.07, 6.45) is 0.595. The molecule has 1 unspecified atom stereocenters. The molecule has 0 saturated carbocycles. The first-order chi connectivity index (χ1) is 22.8. The summed E-state index contributed by atoms with van der Waals surface area (Å²) < 4.78 is 0. The zero-order valence-electron chi connectivity index (χ0n) is 25.6. The van der Waals surface area contributed by atoms with Crippen LogP contribution in [0.2, 0.25) is 0 Å². The Kier molecular flexibility index (Phi) is 6.41. The highest BCUT2D eigenvalue weighted by Crippen LogP contribution is 2.57. The van der Waals surface area contributed by atoms with Gasteiger partial charge >= 0.3 is 0 Å². The van der Waals surface area contributed by atoms with Crippen molar-refractivity contribution in [3.8, 4) is 39.9 Å². The average molecular weight is 617 g/mol. The van der Waals surface area contributed by atoms with E-state index in [2.05, 4.69) is 67.6 Å². The van der Waals surface area contributed by atoms with Crippen LogP contribution in [0.1, 0.15) is 46.2 Å². The maximum atomic E-state index is 11.1. The first-order valence-corrected chi connectivity index (χ1v) is 15.7. The van der Waals surface area contributed by atoms with Gasteiger partial charge in [-0.2, -0.15) is 0 Å². The lowest BCUT2D eigenvalue weighted by Crippen LogP contribution is -2.28. The van der Waals surface area contributed by atoms with Crippen LogP contribution in [-0.2, 0) is 11.8 Å². The molecule has 7 aromatic carbocycles. The van der Waals surface area contributed by atoms with E-state index in [9.17, 15) is 25.5 Å². The Hall–Kier alpha value is -5.94. The van der Waals surface area contributed by atoms with Crippen molar-refractivity contribution in [2.75, 3.05) is 0 Å². The number of fused-ring (bicyclic) bond motifs is 5. The highest BCUT2D eigenvalue weighted by Gasteiger charge is 2.46. The lowest BCUT2D eigenvalue weighted by atomic mass is 9.67. The smallest absolute Gasteiger partial charge is 0.165 e. The molecular weight excluding hydrogens is 584 g/mol. The van der Waals surface area contributed by atoms with Crippen LogP contribution < -0.4 is 0 Å². The summed E-state index contributed by atoms with van der Waals surface area (Å²) in [5.74, 6) is -0.358. The first kappa shape index (κ1) is 28.5. The highest BCUT2D eigenvalue weighted by atomic mass is 16.3. The number of aromatic hydroxyl groups is 5. The molecule has 230 valence electrons. The van der Waals surface area contributed by atoms with Crippen molar-refractivity contribution in [1.29, 1.82) is 0 Å². The maximum absolute atomic E-state index is 11.1. The van der Waals surface area contributed by atoms with Gasteiger partial charge in [0.15, 0.2) is 23.0 Å². The van der Waals surface area contributed by atoms with Crippen molar-refractivity contribution in [3.63, 3.8) is 0 Å². The van der Waals surface area contributed by atoms with Crippen LogP contribution in [0.15, 0.2) is 127 Å². The van der Waals surface area contributed by atoms with Crippen molar-refractivity contribution in [3.05, 3.63) is 161 Å². The van der Waals surface area contributed by atoms with E-state index >= 15 is 0 Å². The van der Waals surface area contributed by atoms with Crippen LogP contribution in [0.4, 0.5) is 0 Å². The Bertz CT molecular complexity index is 2310. The third kappa shape index (κ3) is 4.23. The Morgan fingerprint density at radius 1 is 0.532 bits per heavy atom. The molecule has 1 aliphatic carbocycles. The second-order valence-electron chi connectivity index (χ2n) is 12.6. The predicted molar refractivity (Wildman–Crippen MR) is 186 cm³/mol. The largest absolute Gasteiger partial charge is 0.508 e. The molecule has 47 heavy (non-hydrogen) atoms. The van der Waals surface area contributed by atoms with Crippen molar-refractivity contribution < 1.29 is 25.5 Å². The van der Waals surface area contributed by atoms with Crippen molar-refractivity contribution in [2.24, 2.45) is 0 Å². The van der Waals surface area contributed by atoms with Gasteiger partial charge in [0.2, 0.25) is 0 Å². The third-order valence-electron chi connectivity index (χ3n) is 9.95. The molecule has 5 N–H and O–H groups in total. The zero-order chi connectivity index (χ0) is 32.4. The summed E-state index contributed by atoms with van der Waals surface area (Å²) in [6.45, 7) is 2.11. The lowest BCUT2D eigenvalue weighted by molar-refractivity contribution is 0.407. The number of rotatable bonds is 5. The molecule has 0 saturated heterocycles. The van der Waals surface area contributed by atoms with Gasteiger partial charge in [-0.05, 0) is 104 Å². The van der Waals surface area contributed by atoms with Gasteiger partial charge in [0.1, 0.15) is 5.75 Å². The summed E-state index contributed by atoms with van der Waals surface area (Å²) in [4.78, 5) is 0. The Balaban J connectivity index is 1.41. The summed E-state index contributed by atoms with van der Waals surface area (Å²) in [5.41, 5.74) is 7.68. The molecule has 5 nitrogen and oxygen atoms in total. The number of phenols is 5. The molecular formula is C42H32O5. The van der Waals surface area contributed by atoms with Gasteiger partial charge in [0.05, 0.1) is 5.41 Å². The van der Waals surface area contributed by atoms with Gasteiger partial charge in [-0.25, -0.2) is 0 Å². The Labute approximate surface area is 271 Å². The Morgan fingerprint density at radius 3 is 1.81 bits per heavy atom. The molecule has 0 amide bonds. The molecule has 0 spiro atoms. The summed E-state index contributed by atoms with van der Waals surface area (Å²) in [6, 6.07) is 41.1. The zero-order valence-corrected chi connectivity index (χ0v) is 25.6. The normalized spacial score (nSPS) is 13.8. The summed E-state index contributed by atoms with van der Waals surface area (Å²) in [7, 11) is 0. The molecule has 7 aromatic rings. The van der Waals surface area contributed by atoms with E-state index in [1.165, 1.54) is 6.07 Å². The molecule has 0 bridgehead atoms. The number of hydrogen-bond acceptors (Lipinski definition) is 5. The number of hydrogen-bond donors (Lipinski definition) is 5. The van der Waals surface area contributed by atoms with Gasteiger partial charge in [-0.15, -0.1) is 0 Å². The number of phenolic OH excluding ortho intramolecular Hbond substituents is 5. The molecule has 5 heteroatoms. The number of benzene rings is 7. The summed E-state index contributed by atoms with van der Waals surface area (Å²) >= 11 is 0. The fourth-order valence-corrected chi connectivity index (χ4v) is 7.68. The van der Waals surface area contributed by atoms with Crippen LogP contribution in [0, 0.1) is 0 Å². The molecule has 0 heterocycles. The van der Waals surface area contributed by atoms with Gasteiger partial charge in [-0.3, -0.25) is 0 Å². The molecule has 1 aliphatic rings. The van der Waals surface area contributed by atoms with Crippen LogP contribution in [0.3, 0.4) is 0 Å². The standard InChI is InChI=1S/C42H32O5/c1-24(25-10-15-30(43)16-11-25)20-27-22-39(45)41(47)34-18-14-29(23-35(27)34)42(28-13-17-31-26(21-28)12-19-38(44)40(31)46)36-8-4-2-6-32(36)33-7-3-5-9-37(33)42/h2-19,21-24,43-47H,20H2,1H3. The second-order valence-corrected chi connectivity index (χ2v) is 12.6. The van der Waals surface area contributed by atoms with E-state index in [1.54, 1.807) is 18.2 Å². The van der Waals surface area contributed by atoms with Crippen LogP contribution >= 0.6 is 0 Å². The lowest BCUT2D eigenvalue weighted by Gasteiger charge is -2.34. The van der Waals surface area contributed by atoms with E-state index in [4.69, 9.17) is 0 Å². The van der Waals surface area contributed by atoms with Crippen LogP contribution in [0.25, 0.3) is 32.7 Å². The molecule has 0 fully saturated rings. The maximum Gasteiger partial charge on any atom is 0.165 e. The second kappa shape index (κ2) is 10.6. The molecule has 1 atom stereocenters. The topological polar surface area (TPSA) is 101 Å². The minimum atomic E-state index is -0.754. The minimum absolute atomic E-state index is 0.0675. The van der Waals surface area contributed by atoms with Gasteiger partial charge in [0.25, 0.3) is 0 Å². The van der Waals surface area contributed by atoms with Crippen molar-refractivity contribution >= 4 is 21.5 Å².